The van der Waals surface area contributed by atoms with Gasteiger partial charge in [0.2, 0.25) is 0 Å². The number of nitrogens with one attached hydrogen (secondary N) is 1. The first-order valence-corrected chi connectivity index (χ1v) is 9.06. The third-order valence-corrected chi connectivity index (χ3v) is 5.74. The van der Waals surface area contributed by atoms with Gasteiger partial charge in [0.15, 0.2) is 11.2 Å². The van der Waals surface area contributed by atoms with Crippen LogP contribution in [0.15, 0.2) is 12.1 Å². The summed E-state index contributed by atoms with van der Waals surface area (Å²) in [6, 6.07) is 3.17. The molecule has 0 radical (unpaired) electrons. The highest BCUT2D eigenvalue weighted by atomic mass is 16.5. The molecule has 6 heteroatoms. The molecule has 26 heavy (non-hydrogen) atoms. The molecule has 6 nitrogen and oxygen atoms in total. The van der Waals surface area contributed by atoms with Gasteiger partial charge in [-0.3, -0.25) is 4.79 Å². The summed E-state index contributed by atoms with van der Waals surface area (Å²) in [6.45, 7) is 13.9. The molecular formula is C20H28N3O3+. The minimum Gasteiger partial charge on any atom is -0.462 e. The molecule has 1 fully saturated rings. The fraction of sp³-hybridized carbons (Fsp3) is 0.550. The van der Waals surface area contributed by atoms with E-state index in [4.69, 9.17) is 11.3 Å². The fourth-order valence-electron chi connectivity index (χ4n) is 3.52. The van der Waals surface area contributed by atoms with Gasteiger partial charge in [0.05, 0.1) is 45.1 Å². The summed E-state index contributed by atoms with van der Waals surface area (Å²) in [5, 5.41) is 2.99. The largest absolute Gasteiger partial charge is 0.462 e. The molecule has 0 bridgehead atoms. The van der Waals surface area contributed by atoms with Crippen LogP contribution in [0.5, 0.6) is 0 Å². The van der Waals surface area contributed by atoms with Crippen molar-refractivity contribution in [3.05, 3.63) is 34.7 Å². The van der Waals surface area contributed by atoms with Gasteiger partial charge in [-0.05, 0) is 38.8 Å². The number of rotatable bonds is 6. The van der Waals surface area contributed by atoms with E-state index < -0.39 is 11.5 Å². The Kier molecular flexibility index (Phi) is 5.72. The SMILES string of the molecule is [C-]#[N+]c1cc(C)c(NC(=O)C2([N+](C)(C)CC)CCC2)c(C(=O)OCC)c1. The molecule has 1 aliphatic rings. The molecule has 0 atom stereocenters. The molecule has 0 spiro atoms. The Morgan fingerprint density at radius 3 is 2.42 bits per heavy atom. The summed E-state index contributed by atoms with van der Waals surface area (Å²) < 4.78 is 5.73. The Labute approximate surface area is 155 Å². The molecule has 1 N–H and O–H groups in total. The van der Waals surface area contributed by atoms with Crippen molar-refractivity contribution in [3.63, 3.8) is 0 Å². The normalized spacial score (nSPS) is 15.5. The van der Waals surface area contributed by atoms with Gasteiger partial charge in [0, 0.05) is 12.8 Å². The average Bonchev–Trinajstić information content (AvgIpc) is 2.55. The number of benzene rings is 1. The lowest BCUT2D eigenvalue weighted by molar-refractivity contribution is -0.936. The van der Waals surface area contributed by atoms with E-state index in [9.17, 15) is 9.59 Å². The molecule has 140 valence electrons. The van der Waals surface area contributed by atoms with Crippen LogP contribution in [-0.2, 0) is 9.53 Å². The van der Waals surface area contributed by atoms with E-state index >= 15 is 0 Å². The summed E-state index contributed by atoms with van der Waals surface area (Å²) in [6.07, 6.45) is 2.68. The third-order valence-electron chi connectivity index (χ3n) is 5.74. The van der Waals surface area contributed by atoms with E-state index in [1.165, 1.54) is 6.07 Å². The number of hydrogen-bond donors (Lipinski definition) is 1. The first-order valence-electron chi connectivity index (χ1n) is 9.06. The van der Waals surface area contributed by atoms with Crippen LogP contribution in [0.2, 0.25) is 0 Å². The van der Waals surface area contributed by atoms with Gasteiger partial charge in [-0.1, -0.05) is 6.07 Å². The minimum absolute atomic E-state index is 0.0696. The van der Waals surface area contributed by atoms with Crippen LogP contribution in [0.25, 0.3) is 4.85 Å². The summed E-state index contributed by atoms with van der Waals surface area (Å²) in [5.41, 5.74) is 1.24. The third kappa shape index (κ3) is 3.32. The van der Waals surface area contributed by atoms with Crippen LogP contribution in [0.1, 0.15) is 49.0 Å². The number of carbonyl (C=O) groups excluding carboxylic acids is 2. The minimum atomic E-state index is -0.525. The van der Waals surface area contributed by atoms with Crippen molar-refractivity contribution in [1.82, 2.24) is 0 Å². The predicted octanol–water partition coefficient (Wildman–Crippen LogP) is 3.68. The van der Waals surface area contributed by atoms with Gasteiger partial charge in [0.25, 0.3) is 5.91 Å². The average molecular weight is 358 g/mol. The number of esters is 1. The maximum atomic E-state index is 13.2. The molecular weight excluding hydrogens is 330 g/mol. The maximum absolute atomic E-state index is 13.2. The highest BCUT2D eigenvalue weighted by molar-refractivity contribution is 6.05. The number of quaternary nitrogens is 1. The van der Waals surface area contributed by atoms with Crippen LogP contribution < -0.4 is 5.32 Å². The standard InChI is InChI=1S/C20H27N3O3/c1-7-23(5,6)20(10-9-11-20)19(25)22-17-14(3)12-15(21-4)13-16(17)18(24)26-8-2/h12-13H,7-11H2,1-3,5-6H3/p+1. The number of aryl methyl sites for hydroxylation is 1. The summed E-state index contributed by atoms with van der Waals surface area (Å²) in [4.78, 5) is 29.0. The van der Waals surface area contributed by atoms with Crippen LogP contribution >= 0.6 is 0 Å². The number of carbonyl (C=O) groups is 2. The zero-order valence-corrected chi connectivity index (χ0v) is 16.3. The van der Waals surface area contributed by atoms with Gasteiger partial charge in [-0.15, -0.1) is 0 Å². The van der Waals surface area contributed by atoms with Crippen molar-refractivity contribution in [1.29, 1.82) is 0 Å². The molecule has 1 aliphatic carbocycles. The first-order chi connectivity index (χ1) is 12.2. The molecule has 0 aliphatic heterocycles. The number of nitrogens with zero attached hydrogens (tertiary/aromatic N) is 2. The van der Waals surface area contributed by atoms with Gasteiger partial charge in [0.1, 0.15) is 0 Å². The van der Waals surface area contributed by atoms with Crippen LogP contribution in [0.3, 0.4) is 0 Å². The van der Waals surface area contributed by atoms with E-state index in [-0.39, 0.29) is 18.1 Å². The van der Waals surface area contributed by atoms with E-state index in [1.807, 2.05) is 0 Å². The number of amides is 1. The highest BCUT2D eigenvalue weighted by Gasteiger charge is 2.56. The van der Waals surface area contributed by atoms with E-state index in [0.29, 0.717) is 21.4 Å². The van der Waals surface area contributed by atoms with Gasteiger partial charge in [-0.25, -0.2) is 9.64 Å². The Morgan fingerprint density at radius 2 is 1.96 bits per heavy atom. The van der Waals surface area contributed by atoms with Crippen molar-refractivity contribution in [2.75, 3.05) is 32.6 Å². The van der Waals surface area contributed by atoms with Gasteiger partial charge >= 0.3 is 5.97 Å². The molecule has 2 rings (SSSR count). The molecule has 0 heterocycles. The monoisotopic (exact) mass is 358 g/mol. The summed E-state index contributed by atoms with van der Waals surface area (Å²) in [5.74, 6) is -0.594. The molecule has 1 amide bonds. The second-order valence-corrected chi connectivity index (χ2v) is 7.36. The second-order valence-electron chi connectivity index (χ2n) is 7.36. The van der Waals surface area contributed by atoms with Crippen LogP contribution in [-0.4, -0.2) is 49.1 Å². The van der Waals surface area contributed by atoms with Gasteiger partial charge in [-0.2, -0.15) is 0 Å². The molecule has 0 saturated heterocycles. The molecule has 1 aromatic rings. The van der Waals surface area contributed by atoms with Crippen molar-refractivity contribution in [2.24, 2.45) is 0 Å². The lowest BCUT2D eigenvalue weighted by Crippen LogP contribution is -2.69. The lowest BCUT2D eigenvalue weighted by Gasteiger charge is -2.52. The Hall–Kier alpha value is -2.39. The maximum Gasteiger partial charge on any atom is 0.338 e. The second kappa shape index (κ2) is 7.46. The predicted molar refractivity (Wildman–Crippen MR) is 101 cm³/mol. The molecule has 1 saturated carbocycles. The van der Waals surface area contributed by atoms with Crippen LogP contribution in [0, 0.1) is 13.5 Å². The van der Waals surface area contributed by atoms with Crippen molar-refractivity contribution < 1.29 is 18.8 Å². The lowest BCUT2D eigenvalue weighted by atomic mass is 9.73. The van der Waals surface area contributed by atoms with Crippen molar-refractivity contribution >= 4 is 23.3 Å². The zero-order valence-electron chi connectivity index (χ0n) is 16.3. The highest BCUT2D eigenvalue weighted by Crippen LogP contribution is 2.42. The Bertz CT molecular complexity index is 758. The van der Waals surface area contributed by atoms with E-state index in [2.05, 4.69) is 31.2 Å². The fourth-order valence-corrected chi connectivity index (χ4v) is 3.52. The Morgan fingerprint density at radius 1 is 1.31 bits per heavy atom. The van der Waals surface area contributed by atoms with Crippen molar-refractivity contribution in [3.8, 4) is 0 Å². The topological polar surface area (TPSA) is 59.8 Å². The Balaban J connectivity index is 2.44. The number of anilines is 1. The molecule has 1 aromatic carbocycles. The van der Waals surface area contributed by atoms with E-state index in [1.54, 1.807) is 19.9 Å². The first kappa shape index (κ1) is 19.9. The zero-order chi connectivity index (χ0) is 19.5. The van der Waals surface area contributed by atoms with Crippen LogP contribution in [0.4, 0.5) is 11.4 Å². The smallest absolute Gasteiger partial charge is 0.338 e. The van der Waals surface area contributed by atoms with Gasteiger partial charge < -0.3 is 14.5 Å². The number of likely N-dealkylation sites (N-methyl/N-ethyl adjacent to an activating group) is 1. The van der Waals surface area contributed by atoms with E-state index in [0.717, 1.165) is 25.8 Å². The summed E-state index contributed by atoms with van der Waals surface area (Å²) >= 11 is 0. The molecule has 0 unspecified atom stereocenters. The number of hydrogen-bond acceptors (Lipinski definition) is 3. The quantitative estimate of drug-likeness (QED) is 0.479. The number of ether oxygens (including phenoxy) is 1. The van der Waals surface area contributed by atoms with Crippen molar-refractivity contribution in [2.45, 2.75) is 45.6 Å². The molecule has 0 aromatic heterocycles. The summed E-state index contributed by atoms with van der Waals surface area (Å²) in [7, 11) is 4.14.